The number of halogens is 1. The molecule has 0 saturated carbocycles. The molecule has 0 N–H and O–H groups in total. The Morgan fingerprint density at radius 3 is 2.75 bits per heavy atom. The van der Waals surface area contributed by atoms with Crippen LogP contribution in [0.3, 0.4) is 0 Å². The molecule has 0 amide bonds. The summed E-state index contributed by atoms with van der Waals surface area (Å²) < 4.78 is 12.4. The van der Waals surface area contributed by atoms with E-state index in [9.17, 15) is 0 Å². The van der Waals surface area contributed by atoms with Gasteiger partial charge in [-0.25, -0.2) is 4.98 Å². The molecular formula is C15H12BrNO2S. The SMILES string of the molecule is Cc1oc(-c2cccs2)nc1COc1ccc(Br)cc1. The third-order valence-electron chi connectivity index (χ3n) is 2.81. The second-order valence-corrected chi connectivity index (χ2v) is 6.11. The molecule has 2 heterocycles. The Hall–Kier alpha value is -1.59. The second-order valence-electron chi connectivity index (χ2n) is 4.24. The van der Waals surface area contributed by atoms with Crippen molar-refractivity contribution in [2.75, 3.05) is 0 Å². The van der Waals surface area contributed by atoms with Crippen molar-refractivity contribution in [1.29, 1.82) is 0 Å². The molecule has 1 aromatic carbocycles. The van der Waals surface area contributed by atoms with Gasteiger partial charge < -0.3 is 9.15 Å². The molecule has 5 heteroatoms. The van der Waals surface area contributed by atoms with Crippen LogP contribution in [0.5, 0.6) is 5.75 Å². The molecule has 0 unspecified atom stereocenters. The Balaban J connectivity index is 1.73. The number of ether oxygens (including phenoxy) is 1. The summed E-state index contributed by atoms with van der Waals surface area (Å²) in [6.07, 6.45) is 0. The van der Waals surface area contributed by atoms with Crippen LogP contribution in [-0.2, 0) is 6.61 Å². The molecule has 0 spiro atoms. The zero-order chi connectivity index (χ0) is 13.9. The fourth-order valence-electron chi connectivity index (χ4n) is 1.75. The average Bonchev–Trinajstić information content (AvgIpc) is 3.08. The lowest BCUT2D eigenvalue weighted by atomic mass is 10.3. The zero-order valence-electron chi connectivity index (χ0n) is 10.8. The molecule has 0 atom stereocenters. The highest BCUT2D eigenvalue weighted by molar-refractivity contribution is 9.10. The smallest absolute Gasteiger partial charge is 0.236 e. The summed E-state index contributed by atoms with van der Waals surface area (Å²) in [7, 11) is 0. The van der Waals surface area contributed by atoms with E-state index in [0.717, 1.165) is 26.6 Å². The summed E-state index contributed by atoms with van der Waals surface area (Å²) in [4.78, 5) is 5.52. The Morgan fingerprint density at radius 1 is 1.25 bits per heavy atom. The Kier molecular flexibility index (Phi) is 3.89. The summed E-state index contributed by atoms with van der Waals surface area (Å²) in [5.41, 5.74) is 0.830. The Morgan fingerprint density at radius 2 is 2.05 bits per heavy atom. The van der Waals surface area contributed by atoms with Crippen LogP contribution in [0.1, 0.15) is 11.5 Å². The first-order valence-corrected chi connectivity index (χ1v) is 7.78. The van der Waals surface area contributed by atoms with Gasteiger partial charge in [-0.15, -0.1) is 11.3 Å². The van der Waals surface area contributed by atoms with Gasteiger partial charge in [-0.2, -0.15) is 0 Å². The van der Waals surface area contributed by atoms with Gasteiger partial charge in [-0.05, 0) is 42.6 Å². The number of rotatable bonds is 4. The van der Waals surface area contributed by atoms with Gasteiger partial charge in [0.25, 0.3) is 0 Å². The summed E-state index contributed by atoms with van der Waals surface area (Å²) >= 11 is 5.01. The highest BCUT2D eigenvalue weighted by Crippen LogP contribution is 2.26. The fourth-order valence-corrected chi connectivity index (χ4v) is 2.66. The standard InChI is InChI=1S/C15H12BrNO2S/c1-10-13(9-18-12-6-4-11(16)5-7-12)17-15(19-10)14-3-2-8-20-14/h2-8H,9H2,1H3. The minimum absolute atomic E-state index is 0.405. The first-order valence-electron chi connectivity index (χ1n) is 6.11. The highest BCUT2D eigenvalue weighted by atomic mass is 79.9. The van der Waals surface area contributed by atoms with E-state index in [0.29, 0.717) is 12.5 Å². The molecule has 0 bridgehead atoms. The molecule has 2 aromatic heterocycles. The summed E-state index contributed by atoms with van der Waals surface area (Å²) in [5.74, 6) is 2.27. The molecular weight excluding hydrogens is 338 g/mol. The number of nitrogens with zero attached hydrogens (tertiary/aromatic N) is 1. The lowest BCUT2D eigenvalue weighted by Crippen LogP contribution is -1.97. The lowest BCUT2D eigenvalue weighted by Gasteiger charge is -2.04. The van der Waals surface area contributed by atoms with Crippen molar-refractivity contribution < 1.29 is 9.15 Å². The predicted molar refractivity (Wildman–Crippen MR) is 83.0 cm³/mol. The van der Waals surface area contributed by atoms with Gasteiger partial charge in [0.2, 0.25) is 5.89 Å². The van der Waals surface area contributed by atoms with Gasteiger partial charge in [-0.3, -0.25) is 0 Å². The van der Waals surface area contributed by atoms with Crippen LogP contribution in [0.2, 0.25) is 0 Å². The maximum Gasteiger partial charge on any atom is 0.236 e. The molecule has 0 saturated heterocycles. The molecule has 0 aliphatic rings. The van der Waals surface area contributed by atoms with E-state index < -0.39 is 0 Å². The van der Waals surface area contributed by atoms with Crippen LogP contribution in [0.15, 0.2) is 50.7 Å². The van der Waals surface area contributed by atoms with E-state index in [4.69, 9.17) is 9.15 Å². The van der Waals surface area contributed by atoms with E-state index in [1.54, 1.807) is 11.3 Å². The van der Waals surface area contributed by atoms with Crippen molar-refractivity contribution in [2.45, 2.75) is 13.5 Å². The number of thiophene rings is 1. The number of hydrogen-bond acceptors (Lipinski definition) is 4. The molecule has 3 aromatic rings. The van der Waals surface area contributed by atoms with E-state index in [1.165, 1.54) is 0 Å². The predicted octanol–water partition coefficient (Wildman–Crippen LogP) is 5.05. The van der Waals surface area contributed by atoms with Gasteiger partial charge in [0, 0.05) is 4.47 Å². The molecule has 0 aliphatic carbocycles. The monoisotopic (exact) mass is 349 g/mol. The van der Waals surface area contributed by atoms with Crippen LogP contribution < -0.4 is 4.74 Å². The van der Waals surface area contributed by atoms with Gasteiger partial charge in [0.1, 0.15) is 23.8 Å². The number of hydrogen-bond donors (Lipinski definition) is 0. The molecule has 20 heavy (non-hydrogen) atoms. The molecule has 3 rings (SSSR count). The van der Waals surface area contributed by atoms with Crippen molar-refractivity contribution in [1.82, 2.24) is 4.98 Å². The third kappa shape index (κ3) is 2.94. The maximum atomic E-state index is 5.72. The molecule has 0 aliphatic heterocycles. The van der Waals surface area contributed by atoms with E-state index in [-0.39, 0.29) is 0 Å². The Bertz CT molecular complexity index is 689. The molecule has 0 radical (unpaired) electrons. The minimum atomic E-state index is 0.405. The largest absolute Gasteiger partial charge is 0.487 e. The number of benzene rings is 1. The molecule has 0 fully saturated rings. The first-order chi connectivity index (χ1) is 9.72. The Labute approximate surface area is 129 Å². The summed E-state index contributed by atoms with van der Waals surface area (Å²) in [6, 6.07) is 11.7. The maximum absolute atomic E-state index is 5.72. The van der Waals surface area contributed by atoms with Gasteiger partial charge in [-0.1, -0.05) is 22.0 Å². The summed E-state index contributed by atoms with van der Waals surface area (Å²) in [6.45, 7) is 2.31. The van der Waals surface area contributed by atoms with Crippen LogP contribution in [0.25, 0.3) is 10.8 Å². The van der Waals surface area contributed by atoms with Gasteiger partial charge >= 0.3 is 0 Å². The lowest BCUT2D eigenvalue weighted by molar-refractivity contribution is 0.299. The normalized spacial score (nSPS) is 10.7. The van der Waals surface area contributed by atoms with Crippen LogP contribution in [0, 0.1) is 6.92 Å². The fraction of sp³-hybridized carbons (Fsp3) is 0.133. The number of aromatic nitrogens is 1. The highest BCUT2D eigenvalue weighted by Gasteiger charge is 2.12. The molecule has 102 valence electrons. The average molecular weight is 350 g/mol. The van der Waals surface area contributed by atoms with Crippen molar-refractivity contribution in [3.63, 3.8) is 0 Å². The van der Waals surface area contributed by atoms with E-state index >= 15 is 0 Å². The van der Waals surface area contributed by atoms with E-state index in [1.807, 2.05) is 48.7 Å². The number of oxazole rings is 1. The van der Waals surface area contributed by atoms with Crippen LogP contribution in [0.4, 0.5) is 0 Å². The van der Waals surface area contributed by atoms with E-state index in [2.05, 4.69) is 20.9 Å². The van der Waals surface area contributed by atoms with Crippen LogP contribution in [-0.4, -0.2) is 4.98 Å². The quantitative estimate of drug-likeness (QED) is 0.660. The minimum Gasteiger partial charge on any atom is -0.487 e. The van der Waals surface area contributed by atoms with Crippen molar-refractivity contribution in [3.05, 3.63) is 57.7 Å². The van der Waals surface area contributed by atoms with Crippen LogP contribution >= 0.6 is 27.3 Å². The van der Waals surface area contributed by atoms with Crippen molar-refractivity contribution in [2.24, 2.45) is 0 Å². The number of aryl methyl sites for hydroxylation is 1. The van der Waals surface area contributed by atoms with Crippen molar-refractivity contribution >= 4 is 27.3 Å². The van der Waals surface area contributed by atoms with Gasteiger partial charge in [0.05, 0.1) is 4.88 Å². The first kappa shape index (κ1) is 13.4. The molecule has 3 nitrogen and oxygen atoms in total. The van der Waals surface area contributed by atoms with Crippen molar-refractivity contribution in [3.8, 4) is 16.5 Å². The zero-order valence-corrected chi connectivity index (χ0v) is 13.2. The third-order valence-corrected chi connectivity index (χ3v) is 4.20. The second kappa shape index (κ2) is 5.81. The summed E-state index contributed by atoms with van der Waals surface area (Å²) in [5, 5.41) is 2.01. The van der Waals surface area contributed by atoms with Gasteiger partial charge in [0.15, 0.2) is 0 Å². The topological polar surface area (TPSA) is 35.3 Å².